The van der Waals surface area contributed by atoms with Gasteiger partial charge in [0.05, 0.1) is 27.7 Å². The molecule has 0 heterocycles. The van der Waals surface area contributed by atoms with Gasteiger partial charge in [-0.3, -0.25) is 18.6 Å². The Kier molecular flexibility index (Phi) is 53.3. The van der Waals surface area contributed by atoms with E-state index in [1.54, 1.807) is 0 Å². The average molecular weight is 1100 g/mol. The van der Waals surface area contributed by atoms with Crippen LogP contribution in [0, 0.1) is 0 Å². The predicted molar refractivity (Wildman–Crippen MR) is 334 cm³/mol. The van der Waals surface area contributed by atoms with E-state index in [1.165, 1.54) is 12.8 Å². The molecule has 0 spiro atoms. The van der Waals surface area contributed by atoms with Crippen molar-refractivity contribution < 1.29 is 42.1 Å². The SMILES string of the molecule is CC/C=C\C/C=C\C/C=C\C/C=C\C/C=C\C/C=C\C/C=C\C/C=C\C/C=C\C/C=C\C/C=C\CCCCCCCCCC(=O)OC(COC(=O)CC/C=C\C/C=C\C/C=C\C/C=C\CC)COP(=O)(O)OCC[N+](C)(C)C. The number of nitrogens with zero attached hydrogens (tertiary/aromatic N) is 1. The number of quaternary nitrogens is 1. The van der Waals surface area contributed by atoms with Crippen LogP contribution in [0.2, 0.25) is 0 Å². The molecule has 0 aromatic heterocycles. The molecule has 9 nitrogen and oxygen atoms in total. The van der Waals surface area contributed by atoms with Crippen molar-refractivity contribution in [2.24, 2.45) is 0 Å². The summed E-state index contributed by atoms with van der Waals surface area (Å²) in [4.78, 5) is 35.5. The van der Waals surface area contributed by atoms with Crippen LogP contribution in [0.4, 0.5) is 0 Å². The van der Waals surface area contributed by atoms with Crippen LogP contribution in [0.1, 0.15) is 181 Å². The Morgan fingerprint density at radius 2 is 0.718 bits per heavy atom. The van der Waals surface area contributed by atoms with Gasteiger partial charge in [0.15, 0.2) is 6.10 Å². The second kappa shape index (κ2) is 56.8. The number of unbranched alkanes of at least 4 members (excludes halogenated alkanes) is 7. The van der Waals surface area contributed by atoms with Crippen molar-refractivity contribution in [1.82, 2.24) is 0 Å². The normalized spacial score (nSPS) is 14.6. The average Bonchev–Trinajstić information content (AvgIpc) is 3.40. The number of hydrogen-bond acceptors (Lipinski definition) is 7. The number of rotatable bonds is 51. The Morgan fingerprint density at radius 1 is 0.397 bits per heavy atom. The third-order valence-corrected chi connectivity index (χ3v) is 12.4. The maximum Gasteiger partial charge on any atom is 0.472 e. The minimum Gasteiger partial charge on any atom is -0.462 e. The maximum atomic E-state index is 12.8. The second-order valence-electron chi connectivity index (χ2n) is 19.9. The monoisotopic (exact) mass is 1100 g/mol. The topological polar surface area (TPSA) is 108 Å². The van der Waals surface area contributed by atoms with E-state index in [0.29, 0.717) is 23.9 Å². The van der Waals surface area contributed by atoms with E-state index in [9.17, 15) is 19.0 Å². The molecular weight excluding hydrogens is 990 g/mol. The first-order valence-electron chi connectivity index (χ1n) is 29.5. The van der Waals surface area contributed by atoms with Crippen LogP contribution in [-0.4, -0.2) is 74.9 Å². The highest BCUT2D eigenvalue weighted by atomic mass is 31.2. The Bertz CT molecular complexity index is 1970. The van der Waals surface area contributed by atoms with Crippen LogP contribution in [0.15, 0.2) is 182 Å². The lowest BCUT2D eigenvalue weighted by Crippen LogP contribution is -2.37. The van der Waals surface area contributed by atoms with Crippen LogP contribution in [0.25, 0.3) is 0 Å². The molecule has 0 rings (SSSR count). The molecule has 0 saturated heterocycles. The zero-order chi connectivity index (χ0) is 57.0. The van der Waals surface area contributed by atoms with E-state index in [-0.39, 0.29) is 26.1 Å². The number of carbonyl (C=O) groups is 2. The van der Waals surface area contributed by atoms with Gasteiger partial charge >= 0.3 is 19.8 Å². The number of phosphoric ester groups is 1. The van der Waals surface area contributed by atoms with Crippen LogP contribution < -0.4 is 0 Å². The smallest absolute Gasteiger partial charge is 0.462 e. The van der Waals surface area contributed by atoms with Gasteiger partial charge in [0, 0.05) is 12.8 Å². The molecule has 1 N–H and O–H groups in total. The van der Waals surface area contributed by atoms with Crippen molar-refractivity contribution in [2.75, 3.05) is 47.5 Å². The van der Waals surface area contributed by atoms with Crippen molar-refractivity contribution in [3.8, 4) is 0 Å². The first kappa shape index (κ1) is 73.1. The third-order valence-electron chi connectivity index (χ3n) is 11.4. The molecule has 0 aromatic rings. The first-order valence-corrected chi connectivity index (χ1v) is 31.0. The lowest BCUT2D eigenvalue weighted by atomic mass is 10.1. The molecule has 0 aliphatic rings. The van der Waals surface area contributed by atoms with Crippen LogP contribution in [-0.2, 0) is 32.7 Å². The van der Waals surface area contributed by atoms with Gasteiger partial charge < -0.3 is 18.9 Å². The van der Waals surface area contributed by atoms with Crippen molar-refractivity contribution in [1.29, 1.82) is 0 Å². The molecular formula is C68H107NO8P+. The number of allylic oxidation sites excluding steroid dienone is 30. The predicted octanol–water partition coefficient (Wildman–Crippen LogP) is 18.8. The summed E-state index contributed by atoms with van der Waals surface area (Å²) in [5.74, 6) is -0.923. The molecule has 0 amide bonds. The molecule has 0 radical (unpaired) electrons. The summed E-state index contributed by atoms with van der Waals surface area (Å²) in [7, 11) is 1.40. The Morgan fingerprint density at radius 3 is 1.08 bits per heavy atom. The zero-order valence-corrected chi connectivity index (χ0v) is 50.2. The van der Waals surface area contributed by atoms with Crippen molar-refractivity contribution in [3.63, 3.8) is 0 Å². The quantitative estimate of drug-likeness (QED) is 0.0211. The van der Waals surface area contributed by atoms with Crippen molar-refractivity contribution in [2.45, 2.75) is 187 Å². The molecule has 0 aliphatic carbocycles. The summed E-state index contributed by atoms with van der Waals surface area (Å²) in [6.07, 6.45) is 88.6. The van der Waals surface area contributed by atoms with Gasteiger partial charge in [-0.05, 0) is 122 Å². The highest BCUT2D eigenvalue weighted by molar-refractivity contribution is 7.47. The summed E-state index contributed by atoms with van der Waals surface area (Å²) < 4.78 is 34.3. The molecule has 2 atom stereocenters. The van der Waals surface area contributed by atoms with Crippen molar-refractivity contribution in [3.05, 3.63) is 182 Å². The Hall–Kier alpha value is -4.89. The summed E-state index contributed by atoms with van der Waals surface area (Å²) in [6.45, 7) is 4.06. The molecule has 10 heteroatoms. The van der Waals surface area contributed by atoms with Gasteiger partial charge in [0.2, 0.25) is 0 Å². The summed E-state index contributed by atoms with van der Waals surface area (Å²) in [5.41, 5.74) is 0. The third kappa shape index (κ3) is 60.3. The second-order valence-corrected chi connectivity index (χ2v) is 21.4. The highest BCUT2D eigenvalue weighted by Crippen LogP contribution is 2.43. The number of likely N-dealkylation sites (N-methyl/N-ethyl adjacent to an activating group) is 1. The fourth-order valence-electron chi connectivity index (χ4n) is 6.97. The van der Waals surface area contributed by atoms with Gasteiger partial charge in [0.25, 0.3) is 0 Å². The highest BCUT2D eigenvalue weighted by Gasteiger charge is 2.27. The van der Waals surface area contributed by atoms with E-state index in [4.69, 9.17) is 18.5 Å². The Labute approximate surface area is 476 Å². The van der Waals surface area contributed by atoms with Gasteiger partial charge in [-0.15, -0.1) is 0 Å². The van der Waals surface area contributed by atoms with Crippen LogP contribution in [0.5, 0.6) is 0 Å². The fourth-order valence-corrected chi connectivity index (χ4v) is 7.71. The molecule has 2 unspecified atom stereocenters. The van der Waals surface area contributed by atoms with E-state index in [1.807, 2.05) is 33.3 Å². The van der Waals surface area contributed by atoms with Crippen LogP contribution in [0.3, 0.4) is 0 Å². The van der Waals surface area contributed by atoms with Gasteiger partial charge in [-0.1, -0.05) is 228 Å². The minimum atomic E-state index is -4.41. The van der Waals surface area contributed by atoms with E-state index < -0.39 is 32.5 Å². The number of phosphoric acid groups is 1. The van der Waals surface area contributed by atoms with Gasteiger partial charge in [-0.2, -0.15) is 0 Å². The molecule has 78 heavy (non-hydrogen) atoms. The van der Waals surface area contributed by atoms with E-state index >= 15 is 0 Å². The number of ether oxygens (including phenoxy) is 2. The maximum absolute atomic E-state index is 12.8. The van der Waals surface area contributed by atoms with E-state index in [0.717, 1.165) is 128 Å². The lowest BCUT2D eigenvalue weighted by Gasteiger charge is -2.24. The summed E-state index contributed by atoms with van der Waals surface area (Å²) >= 11 is 0. The molecule has 0 aromatic carbocycles. The van der Waals surface area contributed by atoms with Crippen LogP contribution >= 0.6 is 7.82 Å². The molecule has 0 aliphatic heterocycles. The number of hydrogen-bond donors (Lipinski definition) is 1. The Balaban J connectivity index is 4.17. The molecule has 0 saturated carbocycles. The summed E-state index contributed by atoms with van der Waals surface area (Å²) in [6, 6.07) is 0. The first-order chi connectivity index (χ1) is 38.0. The zero-order valence-electron chi connectivity index (χ0n) is 49.3. The summed E-state index contributed by atoms with van der Waals surface area (Å²) in [5, 5.41) is 0. The largest absolute Gasteiger partial charge is 0.472 e. The van der Waals surface area contributed by atoms with Gasteiger partial charge in [0.1, 0.15) is 19.8 Å². The minimum absolute atomic E-state index is 0.00874. The fraction of sp³-hybridized carbons (Fsp3) is 0.529. The number of carbonyl (C=O) groups excluding carboxylic acids is 2. The molecule has 0 bridgehead atoms. The molecule has 436 valence electrons. The van der Waals surface area contributed by atoms with E-state index in [2.05, 4.69) is 184 Å². The number of esters is 2. The van der Waals surface area contributed by atoms with Gasteiger partial charge in [-0.25, -0.2) is 4.57 Å². The standard InChI is InChI=1S/C68H106NO8P/c1-6-8-10-12-14-16-18-20-21-22-23-24-25-26-27-28-29-30-31-32-33-34-35-36-37-38-39-40-41-42-43-44-45-46-47-49-51-53-55-57-59-61-68(71)77-66(65-76-78(72,73)75-63-62-69(3,4)5)64-74-67(70)60-58-56-54-52-50-48-19-17-15-13-11-9-7-2/h8-11,14-17,20-21,23-24,26-27,29-30,32-33,35-36,38-39,41-42,44-45,48,50,54,56,66H,6-7,12-13,18-19,22,25,28,31,34,37,40,43,46-47,49,51-53,55,57-65H2,1-5H3/p+1/b10-8-,11-9-,16-14-,17-15-,21-20-,24-23-,27-26-,30-29-,33-32-,36-35-,39-38-,42-41-,45-44-,50-48-,56-54-. The lowest BCUT2D eigenvalue weighted by molar-refractivity contribution is -0.870. The molecule has 0 fully saturated rings. The van der Waals surface area contributed by atoms with Crippen molar-refractivity contribution >= 4 is 19.8 Å².